The van der Waals surface area contributed by atoms with Crippen LogP contribution >= 0.6 is 77.4 Å². The summed E-state index contributed by atoms with van der Waals surface area (Å²) in [5.41, 5.74) is 0. The van der Waals surface area contributed by atoms with Gasteiger partial charge in [0, 0.05) is 217 Å². The molecule has 0 spiro atoms. The summed E-state index contributed by atoms with van der Waals surface area (Å²) in [6.45, 7) is 15.5. The molecule has 0 aliphatic rings. The van der Waals surface area contributed by atoms with E-state index < -0.39 is 0 Å². The molecule has 0 radical (unpaired) electrons. The molecule has 0 atom stereocenters. The lowest BCUT2D eigenvalue weighted by molar-refractivity contribution is -0.123. The SMILES string of the molecule is CCCCCCCCCCCCCCCCCCCSSCCC(=O)NCCNC(=O)CCN(CCNC(=O)CCN(CCC)CCC(=O)NCCN(CCC(=O)NCCNC(=O)CCSSCCCCCCCCCCCCCCCCCCC)CCC(=O)NCCNC(=O)CCSSCCCCCCCCCCCCCCCCCCC)CCC(=O)NCCNC(=O)CCS. The van der Waals surface area contributed by atoms with Crippen LogP contribution in [0.5, 0.6) is 0 Å². The van der Waals surface area contributed by atoms with Crippen LogP contribution in [0.1, 0.15) is 426 Å². The molecule has 30 heteroatoms. The molecule has 774 valence electrons. The summed E-state index contributed by atoms with van der Waals surface area (Å²) in [6.07, 6.45) is 72.9. The molecule has 0 fully saturated rings. The van der Waals surface area contributed by atoms with Crippen molar-refractivity contribution in [1.82, 2.24) is 67.9 Å². The van der Waals surface area contributed by atoms with Crippen LogP contribution in [-0.4, -0.2) is 238 Å². The molecule has 132 heavy (non-hydrogen) atoms. The van der Waals surface area contributed by atoms with Crippen LogP contribution < -0.4 is 53.2 Å². The summed E-state index contributed by atoms with van der Waals surface area (Å²) >= 11 is 4.10. The molecule has 0 aromatic heterocycles. The second kappa shape index (κ2) is 105. The topological polar surface area (TPSA) is 301 Å². The number of carbonyl (C=O) groups excluding carboxylic acids is 10. The first kappa shape index (κ1) is 129. The van der Waals surface area contributed by atoms with E-state index in [4.69, 9.17) is 0 Å². The maximum atomic E-state index is 13.4. The van der Waals surface area contributed by atoms with E-state index >= 15 is 0 Å². The number of hydrogen-bond acceptors (Lipinski definition) is 20. The van der Waals surface area contributed by atoms with E-state index in [1.54, 1.807) is 32.4 Å². The van der Waals surface area contributed by atoms with Gasteiger partial charge in [-0.25, -0.2) is 0 Å². The second-order valence-electron chi connectivity index (χ2n) is 36.2. The number of amides is 10. The van der Waals surface area contributed by atoms with Crippen molar-refractivity contribution in [1.29, 1.82) is 0 Å². The molecule has 0 saturated carbocycles. The van der Waals surface area contributed by atoms with Gasteiger partial charge in [0.2, 0.25) is 59.1 Å². The monoisotopic (exact) mass is 1990 g/mol. The van der Waals surface area contributed by atoms with Crippen molar-refractivity contribution in [2.45, 2.75) is 426 Å². The third-order valence-electron chi connectivity index (χ3n) is 23.9. The highest BCUT2D eigenvalue weighted by atomic mass is 33.1. The first-order valence-corrected chi connectivity index (χ1v) is 61.9. The van der Waals surface area contributed by atoms with Crippen LogP contribution in [0, 0.1) is 0 Å². The van der Waals surface area contributed by atoms with Gasteiger partial charge in [-0.2, -0.15) is 12.6 Å². The minimum absolute atomic E-state index is 0.0393. The van der Waals surface area contributed by atoms with Crippen molar-refractivity contribution < 1.29 is 47.9 Å². The first-order chi connectivity index (χ1) is 64.6. The molecule has 0 heterocycles. The van der Waals surface area contributed by atoms with E-state index in [1.165, 1.54) is 327 Å². The van der Waals surface area contributed by atoms with Gasteiger partial charge in [0.25, 0.3) is 0 Å². The molecule has 10 amide bonds. The Hall–Kier alpha value is -2.97. The van der Waals surface area contributed by atoms with E-state index in [9.17, 15) is 47.9 Å². The quantitative estimate of drug-likeness (QED) is 0.0153. The van der Waals surface area contributed by atoms with Gasteiger partial charge in [-0.3, -0.25) is 47.9 Å². The fourth-order valence-corrected chi connectivity index (χ4v) is 22.2. The lowest BCUT2D eigenvalue weighted by Gasteiger charge is -2.23. The average Bonchev–Trinajstić information content (AvgIpc) is 0.941. The Kier molecular flexibility index (Phi) is 103. The van der Waals surface area contributed by atoms with Crippen molar-refractivity contribution >= 4 is 136 Å². The van der Waals surface area contributed by atoms with Gasteiger partial charge < -0.3 is 67.9 Å². The normalized spacial score (nSPS) is 11.4. The van der Waals surface area contributed by atoms with Crippen molar-refractivity contribution in [3.8, 4) is 0 Å². The standard InChI is InChI=1S/C102H199N13O10S7/c1-5-9-12-15-18-21-24-27-30-33-36-39-42-45-48-51-54-87-127-130-90-64-100(123)108-72-68-104-94(117)60-81-114(80-59-93(116)103-67-71-107-99(122)63-86-126)84-75-111-97(120)57-78-113(77-8-4)79-58-98(121)112-76-85-115(82-61-95(118)105-69-73-109-101(124)65-91-131-128-88-55-52-49-46-43-40-37-34-31-28-25-22-19-16-13-10-6-2)83-62-96(119)106-70-74-110-102(125)66-92-132-129-89-56-53-50-47-44-41-38-35-32-29-26-23-20-17-14-11-7-3/h126H,5-92H2,1-4H3,(H,103,116)(H,104,117)(H,105,118)(H,106,119)(H,107,122)(H,108,123)(H,109,124)(H,110,125)(H,111,120)(H,112,121). The Labute approximate surface area is 836 Å². The van der Waals surface area contributed by atoms with Crippen LogP contribution in [0.3, 0.4) is 0 Å². The maximum absolute atomic E-state index is 13.4. The predicted octanol–water partition coefficient (Wildman–Crippen LogP) is 21.4. The molecule has 0 aromatic rings. The number of hydrogen-bond donors (Lipinski definition) is 11. The number of nitrogens with zero attached hydrogens (tertiary/aromatic N) is 3. The Morgan fingerprint density at radius 1 is 0.167 bits per heavy atom. The highest BCUT2D eigenvalue weighted by molar-refractivity contribution is 8.77. The minimum Gasteiger partial charge on any atom is -0.355 e. The number of rotatable bonds is 106. The van der Waals surface area contributed by atoms with Crippen LogP contribution in [0.25, 0.3) is 0 Å². The molecule has 0 rings (SSSR count). The molecule has 10 N–H and O–H groups in total. The summed E-state index contributed by atoms with van der Waals surface area (Å²) in [5.74, 6) is 4.56. The van der Waals surface area contributed by atoms with Gasteiger partial charge in [-0.05, 0) is 38.0 Å². The smallest absolute Gasteiger partial charge is 0.221 e. The maximum Gasteiger partial charge on any atom is 0.221 e. The molecule has 0 saturated heterocycles. The van der Waals surface area contributed by atoms with E-state index in [0.717, 1.165) is 40.9 Å². The summed E-state index contributed by atoms with van der Waals surface area (Å²) < 4.78 is 0. The molecule has 0 aliphatic heterocycles. The van der Waals surface area contributed by atoms with E-state index in [-0.39, 0.29) is 150 Å². The third-order valence-corrected chi connectivity index (χ3v) is 31.6. The fourth-order valence-electron chi connectivity index (χ4n) is 15.6. The van der Waals surface area contributed by atoms with E-state index in [2.05, 4.69) is 91.5 Å². The Morgan fingerprint density at radius 3 is 0.500 bits per heavy atom. The van der Waals surface area contributed by atoms with Crippen molar-refractivity contribution in [2.24, 2.45) is 0 Å². The summed E-state index contributed by atoms with van der Waals surface area (Å²) in [7, 11) is 10.8. The number of thiol groups is 1. The van der Waals surface area contributed by atoms with Gasteiger partial charge in [0.1, 0.15) is 0 Å². The highest BCUT2D eigenvalue weighted by Crippen LogP contribution is 2.27. The minimum atomic E-state index is -0.208. The van der Waals surface area contributed by atoms with Gasteiger partial charge >= 0.3 is 0 Å². The number of carbonyl (C=O) groups is 10. The van der Waals surface area contributed by atoms with Crippen molar-refractivity contribution in [3.63, 3.8) is 0 Å². The Bertz CT molecular complexity index is 2600. The van der Waals surface area contributed by atoms with Crippen LogP contribution in [0.4, 0.5) is 0 Å². The molecule has 0 aromatic carbocycles. The molecule has 0 aliphatic carbocycles. The number of nitrogens with one attached hydrogen (secondary N) is 10. The number of unbranched alkanes of at least 4 members (excludes halogenated alkanes) is 48. The van der Waals surface area contributed by atoms with Gasteiger partial charge in [0.15, 0.2) is 0 Å². The second-order valence-corrected chi connectivity index (χ2v) is 44.7. The van der Waals surface area contributed by atoms with Gasteiger partial charge in [-0.1, -0.05) is 401 Å². The van der Waals surface area contributed by atoms with Crippen LogP contribution in [0.15, 0.2) is 0 Å². The lowest BCUT2D eigenvalue weighted by atomic mass is 10.0. The Balaban J connectivity index is 5.13. The summed E-state index contributed by atoms with van der Waals surface area (Å²) in [6, 6.07) is 0. The predicted molar refractivity (Wildman–Crippen MR) is 577 cm³/mol. The van der Waals surface area contributed by atoms with Crippen LogP contribution in [0.2, 0.25) is 0 Å². The van der Waals surface area contributed by atoms with E-state index in [0.29, 0.717) is 104 Å². The van der Waals surface area contributed by atoms with Crippen molar-refractivity contribution in [2.75, 3.05) is 165 Å². The van der Waals surface area contributed by atoms with Gasteiger partial charge in [0.05, 0.1) is 0 Å². The summed E-state index contributed by atoms with van der Waals surface area (Å²) in [4.78, 5) is 135. The average molecular weight is 1990 g/mol. The third kappa shape index (κ3) is 100. The molecular formula is C102H199N13O10S7. The molecule has 0 unspecified atom stereocenters. The van der Waals surface area contributed by atoms with Crippen LogP contribution in [-0.2, 0) is 47.9 Å². The summed E-state index contributed by atoms with van der Waals surface area (Å²) in [5, 5.41) is 29.1. The zero-order valence-electron chi connectivity index (χ0n) is 84.5. The highest BCUT2D eigenvalue weighted by Gasteiger charge is 2.18. The van der Waals surface area contributed by atoms with E-state index in [1.807, 2.05) is 49.1 Å². The van der Waals surface area contributed by atoms with Crippen molar-refractivity contribution in [3.05, 3.63) is 0 Å². The zero-order valence-corrected chi connectivity index (χ0v) is 90.3. The lowest BCUT2D eigenvalue weighted by Crippen LogP contribution is -2.41. The zero-order chi connectivity index (χ0) is 96.0. The largest absolute Gasteiger partial charge is 0.355 e. The molecule has 0 bridgehead atoms. The molecule has 23 nitrogen and oxygen atoms in total. The molecular weight excluding hydrogens is 1790 g/mol. The fraction of sp³-hybridized carbons (Fsp3) is 0.902. The van der Waals surface area contributed by atoms with Gasteiger partial charge in [-0.15, -0.1) is 0 Å². The first-order valence-electron chi connectivity index (χ1n) is 53.8. The Morgan fingerprint density at radius 2 is 0.318 bits per heavy atom.